The van der Waals surface area contributed by atoms with Crippen molar-refractivity contribution in [1.82, 2.24) is 9.78 Å². The molecule has 0 aliphatic rings. The normalized spacial score (nSPS) is 10.7. The number of anilines is 1. The molecule has 0 saturated carbocycles. The monoisotopic (exact) mass is 449 g/mol. The second kappa shape index (κ2) is 8.76. The Balaban J connectivity index is 1.97. The minimum absolute atomic E-state index is 0.0291. The molecule has 7 heteroatoms. The van der Waals surface area contributed by atoms with Gasteiger partial charge in [-0.2, -0.15) is 5.10 Å². The van der Waals surface area contributed by atoms with Crippen LogP contribution in [-0.4, -0.2) is 15.7 Å². The lowest BCUT2D eigenvalue weighted by Gasteiger charge is -2.16. The highest BCUT2D eigenvalue weighted by Gasteiger charge is 2.25. The van der Waals surface area contributed by atoms with Crippen LogP contribution in [0.3, 0.4) is 0 Å². The zero-order valence-electron chi connectivity index (χ0n) is 16.5. The van der Waals surface area contributed by atoms with E-state index in [0.717, 1.165) is 5.56 Å². The van der Waals surface area contributed by atoms with Gasteiger partial charge in [-0.05, 0) is 23.8 Å². The first-order chi connectivity index (χ1) is 15.0. The maximum Gasteiger partial charge on any atom is 0.280 e. The van der Waals surface area contributed by atoms with Crippen LogP contribution in [0.5, 0.6) is 0 Å². The number of halogens is 2. The molecule has 0 radical (unpaired) electrons. The minimum Gasteiger partial charge on any atom is -0.320 e. The maximum absolute atomic E-state index is 13.4. The van der Waals surface area contributed by atoms with E-state index < -0.39 is 11.5 Å². The molecule has 0 saturated heterocycles. The largest absolute Gasteiger partial charge is 0.320 e. The number of rotatable bonds is 4. The molecular weight excluding hydrogens is 433 g/mol. The Morgan fingerprint density at radius 2 is 1.52 bits per heavy atom. The highest BCUT2D eigenvalue weighted by molar-refractivity contribution is 6.36. The Bertz CT molecular complexity index is 1320. The summed E-state index contributed by atoms with van der Waals surface area (Å²) >= 11 is 12.3. The second-order valence-corrected chi connectivity index (χ2v) is 7.68. The van der Waals surface area contributed by atoms with Gasteiger partial charge in [0.05, 0.1) is 16.4 Å². The minimum atomic E-state index is -0.594. The molecule has 4 aromatic rings. The van der Waals surface area contributed by atoms with Crippen LogP contribution in [0.2, 0.25) is 10.0 Å². The summed E-state index contributed by atoms with van der Waals surface area (Å²) < 4.78 is 1.17. The molecule has 0 aliphatic heterocycles. The molecule has 5 nitrogen and oxygen atoms in total. The molecule has 1 aromatic heterocycles. The van der Waals surface area contributed by atoms with Gasteiger partial charge >= 0.3 is 0 Å². The van der Waals surface area contributed by atoms with Gasteiger partial charge in [-0.1, -0.05) is 83.9 Å². The summed E-state index contributed by atoms with van der Waals surface area (Å²) in [6, 6.07) is 23.4. The summed E-state index contributed by atoms with van der Waals surface area (Å²) in [6.07, 6.45) is 0. The number of benzene rings is 3. The number of nitrogens with one attached hydrogen (secondary N) is 1. The summed E-state index contributed by atoms with van der Waals surface area (Å²) in [6.45, 7) is 0. The number of carbonyl (C=O) groups is 1. The van der Waals surface area contributed by atoms with E-state index in [9.17, 15) is 9.59 Å². The van der Waals surface area contributed by atoms with Crippen molar-refractivity contribution in [3.05, 3.63) is 105 Å². The molecule has 3 aromatic carbocycles. The van der Waals surface area contributed by atoms with Crippen LogP contribution < -0.4 is 10.9 Å². The number of aromatic nitrogens is 2. The SMILES string of the molecule is Cn1nc(-c2ccccc2)c(-c2ccccc2)c(C(=O)Nc2cc(Cl)ccc2Cl)c1=O. The third-order valence-corrected chi connectivity index (χ3v) is 5.32. The van der Waals surface area contributed by atoms with Crippen molar-refractivity contribution in [3.8, 4) is 22.4 Å². The lowest BCUT2D eigenvalue weighted by molar-refractivity contribution is 0.102. The number of amides is 1. The second-order valence-electron chi connectivity index (χ2n) is 6.84. The van der Waals surface area contributed by atoms with Gasteiger partial charge in [0.25, 0.3) is 11.5 Å². The van der Waals surface area contributed by atoms with Crippen LogP contribution in [0.25, 0.3) is 22.4 Å². The molecule has 0 spiro atoms. The van der Waals surface area contributed by atoms with Crippen LogP contribution in [0.4, 0.5) is 5.69 Å². The maximum atomic E-state index is 13.4. The van der Waals surface area contributed by atoms with E-state index in [4.69, 9.17) is 23.2 Å². The molecule has 0 bridgehead atoms. The van der Waals surface area contributed by atoms with Crippen LogP contribution in [0.1, 0.15) is 10.4 Å². The lowest BCUT2D eigenvalue weighted by Crippen LogP contribution is -2.31. The number of hydrogen-bond donors (Lipinski definition) is 1. The number of nitrogens with zero attached hydrogens (tertiary/aromatic N) is 2. The lowest BCUT2D eigenvalue weighted by atomic mass is 9.95. The molecule has 0 fully saturated rings. The van der Waals surface area contributed by atoms with Crippen molar-refractivity contribution in [2.75, 3.05) is 5.32 Å². The smallest absolute Gasteiger partial charge is 0.280 e. The van der Waals surface area contributed by atoms with E-state index in [0.29, 0.717) is 32.6 Å². The van der Waals surface area contributed by atoms with Crippen molar-refractivity contribution < 1.29 is 4.79 Å². The molecule has 0 unspecified atom stereocenters. The fourth-order valence-electron chi connectivity index (χ4n) is 3.31. The van der Waals surface area contributed by atoms with E-state index in [1.54, 1.807) is 12.1 Å². The van der Waals surface area contributed by atoms with Crippen LogP contribution >= 0.6 is 23.2 Å². The topological polar surface area (TPSA) is 64.0 Å². The summed E-state index contributed by atoms with van der Waals surface area (Å²) in [4.78, 5) is 26.5. The van der Waals surface area contributed by atoms with Gasteiger partial charge in [0, 0.05) is 23.2 Å². The van der Waals surface area contributed by atoms with Crippen molar-refractivity contribution in [3.63, 3.8) is 0 Å². The van der Waals surface area contributed by atoms with Gasteiger partial charge in [0.2, 0.25) is 0 Å². The molecule has 154 valence electrons. The van der Waals surface area contributed by atoms with Gasteiger partial charge < -0.3 is 5.32 Å². The Kier molecular flexibility index (Phi) is 5.89. The zero-order chi connectivity index (χ0) is 22.0. The van der Waals surface area contributed by atoms with Crippen molar-refractivity contribution in [2.24, 2.45) is 7.05 Å². The first-order valence-electron chi connectivity index (χ1n) is 9.44. The number of aryl methyl sites for hydroxylation is 1. The van der Waals surface area contributed by atoms with Crippen molar-refractivity contribution in [2.45, 2.75) is 0 Å². The van der Waals surface area contributed by atoms with Crippen molar-refractivity contribution in [1.29, 1.82) is 0 Å². The number of hydrogen-bond acceptors (Lipinski definition) is 3. The van der Waals surface area contributed by atoms with E-state index >= 15 is 0 Å². The van der Waals surface area contributed by atoms with Gasteiger partial charge in [-0.3, -0.25) is 9.59 Å². The van der Waals surface area contributed by atoms with E-state index in [1.807, 2.05) is 60.7 Å². The summed E-state index contributed by atoms with van der Waals surface area (Å²) in [5.41, 5.74) is 2.23. The molecule has 0 aliphatic carbocycles. The molecule has 1 amide bonds. The van der Waals surface area contributed by atoms with E-state index in [2.05, 4.69) is 10.4 Å². The highest BCUT2D eigenvalue weighted by atomic mass is 35.5. The third kappa shape index (κ3) is 4.24. The fourth-order valence-corrected chi connectivity index (χ4v) is 3.64. The van der Waals surface area contributed by atoms with Crippen LogP contribution in [0, 0.1) is 0 Å². The Morgan fingerprint density at radius 3 is 2.16 bits per heavy atom. The summed E-state index contributed by atoms with van der Waals surface area (Å²) in [5.74, 6) is -0.594. The molecule has 4 rings (SSSR count). The van der Waals surface area contributed by atoms with Gasteiger partial charge in [0.1, 0.15) is 5.56 Å². The molecule has 0 atom stereocenters. The Morgan fingerprint density at radius 1 is 0.903 bits per heavy atom. The fraction of sp³-hybridized carbons (Fsp3) is 0.0417. The quantitative estimate of drug-likeness (QED) is 0.436. The Hall–Kier alpha value is -3.41. The summed E-state index contributed by atoms with van der Waals surface area (Å²) in [7, 11) is 1.52. The molecular formula is C24H17Cl2N3O2. The summed E-state index contributed by atoms with van der Waals surface area (Å²) in [5, 5.41) is 7.93. The van der Waals surface area contributed by atoms with E-state index in [1.165, 1.54) is 17.8 Å². The average molecular weight is 450 g/mol. The molecule has 1 heterocycles. The predicted octanol–water partition coefficient (Wildman–Crippen LogP) is 5.67. The standard InChI is InChI=1S/C24H17Cl2N3O2/c1-29-24(31)21(23(30)27-19-14-17(25)12-13-18(19)26)20(15-8-4-2-5-9-15)22(28-29)16-10-6-3-7-11-16/h2-14H,1H3,(H,27,30). The third-order valence-electron chi connectivity index (χ3n) is 4.76. The first-order valence-corrected chi connectivity index (χ1v) is 10.2. The van der Waals surface area contributed by atoms with E-state index in [-0.39, 0.29) is 5.56 Å². The van der Waals surface area contributed by atoms with Crippen molar-refractivity contribution >= 4 is 34.8 Å². The van der Waals surface area contributed by atoms with Crippen LogP contribution in [0.15, 0.2) is 83.7 Å². The average Bonchev–Trinajstić information content (AvgIpc) is 2.78. The van der Waals surface area contributed by atoms with Gasteiger partial charge in [0.15, 0.2) is 0 Å². The number of carbonyl (C=O) groups excluding carboxylic acids is 1. The molecule has 31 heavy (non-hydrogen) atoms. The van der Waals surface area contributed by atoms with Gasteiger partial charge in [-0.15, -0.1) is 0 Å². The Labute approximate surface area is 188 Å². The van der Waals surface area contributed by atoms with Crippen LogP contribution in [-0.2, 0) is 7.05 Å². The zero-order valence-corrected chi connectivity index (χ0v) is 18.0. The van der Waals surface area contributed by atoms with Gasteiger partial charge in [-0.25, -0.2) is 4.68 Å². The first kappa shape index (κ1) is 20.8. The molecule has 1 N–H and O–H groups in total. The predicted molar refractivity (Wildman–Crippen MR) is 125 cm³/mol. The highest BCUT2D eigenvalue weighted by Crippen LogP contribution is 2.33.